The van der Waals surface area contributed by atoms with Crippen LogP contribution in [0.5, 0.6) is 5.75 Å². The highest BCUT2D eigenvalue weighted by Gasteiger charge is 2.17. The Bertz CT molecular complexity index is 621. The van der Waals surface area contributed by atoms with Crippen molar-refractivity contribution in [2.75, 3.05) is 19.9 Å². The number of imidazole rings is 1. The summed E-state index contributed by atoms with van der Waals surface area (Å²) < 4.78 is 7.00. The maximum Gasteiger partial charge on any atom is 0.256 e. The number of hydrogen-bond donors (Lipinski definition) is 1. The van der Waals surface area contributed by atoms with Crippen molar-refractivity contribution >= 4 is 11.6 Å². The number of rotatable bonds is 4. The topological polar surface area (TPSA) is 73.4 Å². The molecule has 0 radical (unpaired) electrons. The van der Waals surface area contributed by atoms with E-state index in [-0.39, 0.29) is 5.91 Å². The number of aromatic nitrogens is 2. The van der Waals surface area contributed by atoms with Gasteiger partial charge in [-0.25, -0.2) is 4.98 Å². The van der Waals surface area contributed by atoms with Gasteiger partial charge >= 0.3 is 0 Å². The SMILES string of the molecule is COc1ccc(N)c(C(=O)N(C)Cc2nccn2C)c1. The van der Waals surface area contributed by atoms with E-state index in [4.69, 9.17) is 10.5 Å². The van der Waals surface area contributed by atoms with E-state index in [9.17, 15) is 4.79 Å². The molecule has 0 aliphatic carbocycles. The molecule has 0 saturated carbocycles. The fourth-order valence-electron chi connectivity index (χ4n) is 1.89. The maximum absolute atomic E-state index is 12.4. The average Bonchev–Trinajstić information content (AvgIpc) is 2.84. The Morgan fingerprint density at radius 2 is 2.25 bits per heavy atom. The number of nitrogen functional groups attached to an aromatic ring is 1. The van der Waals surface area contributed by atoms with Gasteiger partial charge in [0.15, 0.2) is 0 Å². The second-order valence-electron chi connectivity index (χ2n) is 4.57. The molecule has 1 heterocycles. The van der Waals surface area contributed by atoms with Gasteiger partial charge in [0.1, 0.15) is 11.6 Å². The number of benzene rings is 1. The highest BCUT2D eigenvalue weighted by Crippen LogP contribution is 2.21. The lowest BCUT2D eigenvalue weighted by atomic mass is 10.1. The summed E-state index contributed by atoms with van der Waals surface area (Å²) in [5.41, 5.74) is 6.73. The van der Waals surface area contributed by atoms with E-state index in [0.717, 1.165) is 5.82 Å². The minimum Gasteiger partial charge on any atom is -0.497 e. The van der Waals surface area contributed by atoms with Crippen molar-refractivity contribution in [3.63, 3.8) is 0 Å². The quantitative estimate of drug-likeness (QED) is 0.852. The summed E-state index contributed by atoms with van der Waals surface area (Å²) in [6.07, 6.45) is 3.54. The Labute approximate surface area is 117 Å². The third kappa shape index (κ3) is 2.74. The number of ether oxygens (including phenoxy) is 1. The maximum atomic E-state index is 12.4. The first-order chi connectivity index (χ1) is 9.52. The van der Waals surface area contributed by atoms with Gasteiger partial charge in [0, 0.05) is 32.2 Å². The highest BCUT2D eigenvalue weighted by molar-refractivity contribution is 5.99. The van der Waals surface area contributed by atoms with Gasteiger partial charge in [-0.1, -0.05) is 0 Å². The molecule has 0 bridgehead atoms. The largest absolute Gasteiger partial charge is 0.497 e. The molecule has 20 heavy (non-hydrogen) atoms. The lowest BCUT2D eigenvalue weighted by molar-refractivity contribution is 0.0781. The average molecular weight is 274 g/mol. The Balaban J connectivity index is 2.20. The summed E-state index contributed by atoms with van der Waals surface area (Å²) in [6, 6.07) is 5.04. The van der Waals surface area contributed by atoms with E-state index in [2.05, 4.69) is 4.98 Å². The van der Waals surface area contributed by atoms with Crippen molar-refractivity contribution in [3.05, 3.63) is 42.0 Å². The Morgan fingerprint density at radius 1 is 1.50 bits per heavy atom. The molecule has 2 N–H and O–H groups in total. The molecule has 6 nitrogen and oxygen atoms in total. The number of methoxy groups -OCH3 is 1. The molecule has 0 saturated heterocycles. The lowest BCUT2D eigenvalue weighted by Gasteiger charge is -2.18. The standard InChI is InChI=1S/C14H18N4O2/c1-17-7-6-16-13(17)9-18(2)14(19)11-8-10(20-3)4-5-12(11)15/h4-8H,9,15H2,1-3H3. The summed E-state index contributed by atoms with van der Waals surface area (Å²) in [6.45, 7) is 0.416. The van der Waals surface area contributed by atoms with E-state index < -0.39 is 0 Å². The van der Waals surface area contributed by atoms with Crippen molar-refractivity contribution in [1.82, 2.24) is 14.5 Å². The second kappa shape index (κ2) is 5.64. The third-order valence-corrected chi connectivity index (χ3v) is 3.14. The number of hydrogen-bond acceptors (Lipinski definition) is 4. The first-order valence-electron chi connectivity index (χ1n) is 6.18. The lowest BCUT2D eigenvalue weighted by Crippen LogP contribution is -2.28. The molecule has 0 aliphatic rings. The monoisotopic (exact) mass is 274 g/mol. The normalized spacial score (nSPS) is 10.3. The van der Waals surface area contributed by atoms with Crippen LogP contribution in [0.25, 0.3) is 0 Å². The van der Waals surface area contributed by atoms with Crippen molar-refractivity contribution in [1.29, 1.82) is 0 Å². The number of aryl methyl sites for hydroxylation is 1. The smallest absolute Gasteiger partial charge is 0.256 e. The van der Waals surface area contributed by atoms with Crippen molar-refractivity contribution < 1.29 is 9.53 Å². The van der Waals surface area contributed by atoms with Crippen LogP contribution >= 0.6 is 0 Å². The van der Waals surface area contributed by atoms with E-state index in [1.165, 1.54) is 0 Å². The molecular weight excluding hydrogens is 256 g/mol. The zero-order chi connectivity index (χ0) is 14.7. The van der Waals surface area contributed by atoms with Gasteiger partial charge in [-0.15, -0.1) is 0 Å². The number of carbonyl (C=O) groups excluding carboxylic acids is 1. The van der Waals surface area contributed by atoms with E-state index in [1.807, 2.05) is 17.8 Å². The van der Waals surface area contributed by atoms with Gasteiger partial charge in [0.25, 0.3) is 5.91 Å². The Morgan fingerprint density at radius 3 is 2.85 bits per heavy atom. The molecular formula is C14H18N4O2. The fourth-order valence-corrected chi connectivity index (χ4v) is 1.89. The van der Waals surface area contributed by atoms with Gasteiger partial charge in [-0.2, -0.15) is 0 Å². The number of amides is 1. The fraction of sp³-hybridized carbons (Fsp3) is 0.286. The molecule has 6 heteroatoms. The Kier molecular flexibility index (Phi) is 3.93. The van der Waals surface area contributed by atoms with Crippen LogP contribution in [0.15, 0.2) is 30.6 Å². The molecule has 2 aromatic rings. The molecule has 1 aromatic carbocycles. The van der Waals surface area contributed by atoms with E-state index in [1.54, 1.807) is 43.5 Å². The van der Waals surface area contributed by atoms with Crippen LogP contribution in [-0.2, 0) is 13.6 Å². The van der Waals surface area contributed by atoms with Crippen LogP contribution in [0.3, 0.4) is 0 Å². The molecule has 0 atom stereocenters. The van der Waals surface area contributed by atoms with Crippen molar-refractivity contribution in [2.45, 2.75) is 6.54 Å². The molecule has 2 rings (SSSR count). The predicted octanol–water partition coefficient (Wildman–Crippen LogP) is 1.28. The summed E-state index contributed by atoms with van der Waals surface area (Å²) >= 11 is 0. The van der Waals surface area contributed by atoms with Gasteiger partial charge in [-0.3, -0.25) is 4.79 Å². The highest BCUT2D eigenvalue weighted by atomic mass is 16.5. The van der Waals surface area contributed by atoms with Crippen LogP contribution in [0, 0.1) is 0 Å². The van der Waals surface area contributed by atoms with Crippen LogP contribution in [0.2, 0.25) is 0 Å². The van der Waals surface area contributed by atoms with Crippen molar-refractivity contribution in [3.8, 4) is 5.75 Å². The zero-order valence-corrected chi connectivity index (χ0v) is 11.8. The van der Waals surface area contributed by atoms with Crippen molar-refractivity contribution in [2.24, 2.45) is 7.05 Å². The number of anilines is 1. The number of nitrogens with two attached hydrogens (primary N) is 1. The van der Waals surface area contributed by atoms with Crippen LogP contribution in [0.1, 0.15) is 16.2 Å². The summed E-state index contributed by atoms with van der Waals surface area (Å²) in [5.74, 6) is 1.25. The van der Waals surface area contributed by atoms with E-state index in [0.29, 0.717) is 23.5 Å². The molecule has 1 aromatic heterocycles. The predicted molar refractivity (Wildman–Crippen MR) is 76.4 cm³/mol. The van der Waals surface area contributed by atoms with Crippen LogP contribution < -0.4 is 10.5 Å². The van der Waals surface area contributed by atoms with Gasteiger partial charge in [0.2, 0.25) is 0 Å². The molecule has 0 spiro atoms. The molecule has 0 fully saturated rings. The first kappa shape index (κ1) is 13.9. The summed E-state index contributed by atoms with van der Waals surface area (Å²) in [7, 11) is 5.16. The molecule has 1 amide bonds. The number of nitrogens with zero attached hydrogens (tertiary/aromatic N) is 3. The summed E-state index contributed by atoms with van der Waals surface area (Å²) in [5, 5.41) is 0. The van der Waals surface area contributed by atoms with Crippen LogP contribution in [0.4, 0.5) is 5.69 Å². The van der Waals surface area contributed by atoms with E-state index >= 15 is 0 Å². The van der Waals surface area contributed by atoms with Gasteiger partial charge in [-0.05, 0) is 18.2 Å². The molecule has 0 unspecified atom stereocenters. The first-order valence-corrected chi connectivity index (χ1v) is 6.18. The van der Waals surface area contributed by atoms with Gasteiger partial charge < -0.3 is 19.9 Å². The summed E-state index contributed by atoms with van der Waals surface area (Å²) in [4.78, 5) is 18.2. The third-order valence-electron chi connectivity index (χ3n) is 3.14. The van der Waals surface area contributed by atoms with Crippen LogP contribution in [-0.4, -0.2) is 34.5 Å². The minimum absolute atomic E-state index is 0.163. The Hall–Kier alpha value is -2.50. The molecule has 106 valence electrons. The van der Waals surface area contributed by atoms with Gasteiger partial charge in [0.05, 0.1) is 19.2 Å². The minimum atomic E-state index is -0.163. The zero-order valence-electron chi connectivity index (χ0n) is 11.8. The number of carbonyl (C=O) groups is 1. The molecule has 0 aliphatic heterocycles. The second-order valence-corrected chi connectivity index (χ2v) is 4.57.